The number of phenols is 1. The molecule has 1 aliphatic rings. The summed E-state index contributed by atoms with van der Waals surface area (Å²) in [6.07, 6.45) is 3.38. The highest BCUT2D eigenvalue weighted by atomic mass is 16.5. The van der Waals surface area contributed by atoms with Crippen molar-refractivity contribution < 1.29 is 19.7 Å². The zero-order valence-electron chi connectivity index (χ0n) is 16.2. The maximum Gasteiger partial charge on any atom is 0.161 e. The summed E-state index contributed by atoms with van der Waals surface area (Å²) in [4.78, 5) is 0. The Morgan fingerprint density at radius 2 is 1.85 bits per heavy atom. The first-order valence-electron chi connectivity index (χ1n) is 9.46. The van der Waals surface area contributed by atoms with Gasteiger partial charge in [0.15, 0.2) is 11.5 Å². The predicted molar refractivity (Wildman–Crippen MR) is 106 cm³/mol. The predicted octanol–water partition coefficient (Wildman–Crippen LogP) is 3.50. The molecule has 5 nitrogen and oxygen atoms in total. The molecule has 0 saturated carbocycles. The van der Waals surface area contributed by atoms with Crippen LogP contribution in [0.3, 0.4) is 0 Å². The van der Waals surface area contributed by atoms with E-state index in [1.807, 2.05) is 37.3 Å². The third kappa shape index (κ3) is 4.54. The van der Waals surface area contributed by atoms with Gasteiger partial charge in [-0.05, 0) is 67.5 Å². The van der Waals surface area contributed by atoms with Gasteiger partial charge in [0, 0.05) is 12.1 Å². The Hall–Kier alpha value is -2.24. The number of benzene rings is 2. The first kappa shape index (κ1) is 19.5. The average Bonchev–Trinajstić information content (AvgIpc) is 3.16. The maximum atomic E-state index is 10.8. The van der Waals surface area contributed by atoms with Gasteiger partial charge in [-0.3, -0.25) is 0 Å². The zero-order valence-corrected chi connectivity index (χ0v) is 16.2. The van der Waals surface area contributed by atoms with Crippen molar-refractivity contribution >= 4 is 0 Å². The molecule has 1 heterocycles. The Morgan fingerprint density at radius 3 is 2.56 bits per heavy atom. The molecule has 1 aliphatic heterocycles. The molecule has 0 radical (unpaired) electrons. The molecule has 146 valence electrons. The van der Waals surface area contributed by atoms with Crippen LogP contribution in [0.2, 0.25) is 0 Å². The van der Waals surface area contributed by atoms with Crippen molar-refractivity contribution in [3.8, 4) is 17.2 Å². The van der Waals surface area contributed by atoms with Crippen LogP contribution in [0.1, 0.15) is 42.1 Å². The van der Waals surface area contributed by atoms with Crippen molar-refractivity contribution in [3.63, 3.8) is 0 Å². The molecule has 3 rings (SSSR count). The van der Waals surface area contributed by atoms with Gasteiger partial charge in [-0.1, -0.05) is 18.2 Å². The molecule has 3 atom stereocenters. The molecule has 2 aromatic carbocycles. The summed E-state index contributed by atoms with van der Waals surface area (Å²) in [5.41, 5.74) is 2.98. The van der Waals surface area contributed by atoms with E-state index in [4.69, 9.17) is 9.47 Å². The molecule has 1 fully saturated rings. The van der Waals surface area contributed by atoms with Crippen molar-refractivity contribution in [1.82, 2.24) is 5.32 Å². The van der Waals surface area contributed by atoms with E-state index in [1.54, 1.807) is 20.3 Å². The number of nitrogens with one attached hydrogen (secondary N) is 1. The number of aromatic hydroxyl groups is 1. The van der Waals surface area contributed by atoms with Crippen LogP contribution < -0.4 is 14.8 Å². The number of aryl methyl sites for hydroxylation is 2. The SMILES string of the molecule is COc1ccc(C(O)C2CCC(CCc3ccc(O)c(C)c3)N2)cc1OC. The third-order valence-corrected chi connectivity index (χ3v) is 5.45. The van der Waals surface area contributed by atoms with Gasteiger partial charge < -0.3 is 25.0 Å². The van der Waals surface area contributed by atoms with Crippen molar-refractivity contribution in [3.05, 3.63) is 53.1 Å². The molecule has 0 aromatic heterocycles. The van der Waals surface area contributed by atoms with Gasteiger partial charge in [-0.25, -0.2) is 0 Å². The topological polar surface area (TPSA) is 71.0 Å². The van der Waals surface area contributed by atoms with Gasteiger partial charge in [-0.2, -0.15) is 0 Å². The second-order valence-electron chi connectivity index (χ2n) is 7.27. The highest BCUT2D eigenvalue weighted by Crippen LogP contribution is 2.33. The van der Waals surface area contributed by atoms with Gasteiger partial charge >= 0.3 is 0 Å². The first-order chi connectivity index (χ1) is 13.0. The van der Waals surface area contributed by atoms with Crippen LogP contribution in [0.5, 0.6) is 17.2 Å². The lowest BCUT2D eigenvalue weighted by Crippen LogP contribution is -2.34. The Morgan fingerprint density at radius 1 is 1.07 bits per heavy atom. The van der Waals surface area contributed by atoms with Crippen LogP contribution in [-0.2, 0) is 6.42 Å². The van der Waals surface area contributed by atoms with Crippen LogP contribution in [0.4, 0.5) is 0 Å². The number of rotatable bonds is 7. The Kier molecular flexibility index (Phi) is 6.24. The number of aliphatic hydroxyl groups excluding tert-OH is 1. The lowest BCUT2D eigenvalue weighted by atomic mass is 10.00. The highest BCUT2D eigenvalue weighted by molar-refractivity contribution is 5.43. The lowest BCUT2D eigenvalue weighted by molar-refractivity contribution is 0.134. The normalized spacial score (nSPS) is 20.4. The van der Waals surface area contributed by atoms with Crippen LogP contribution in [0.25, 0.3) is 0 Å². The Labute approximate surface area is 160 Å². The van der Waals surface area contributed by atoms with Crippen molar-refractivity contribution in [2.24, 2.45) is 0 Å². The van der Waals surface area contributed by atoms with Gasteiger partial charge in [-0.15, -0.1) is 0 Å². The molecular formula is C22H29NO4. The lowest BCUT2D eigenvalue weighted by Gasteiger charge is -2.21. The maximum absolute atomic E-state index is 10.8. The van der Waals surface area contributed by atoms with E-state index in [0.717, 1.165) is 36.8 Å². The summed E-state index contributed by atoms with van der Waals surface area (Å²) < 4.78 is 10.6. The van der Waals surface area contributed by atoms with E-state index >= 15 is 0 Å². The van der Waals surface area contributed by atoms with E-state index in [1.165, 1.54) is 5.56 Å². The molecule has 0 amide bonds. The average molecular weight is 371 g/mol. The quantitative estimate of drug-likeness (QED) is 0.695. The van der Waals surface area contributed by atoms with Gasteiger partial charge in [0.05, 0.1) is 20.3 Å². The number of aliphatic hydroxyl groups is 1. The summed E-state index contributed by atoms with van der Waals surface area (Å²) in [6.45, 7) is 1.92. The fraction of sp³-hybridized carbons (Fsp3) is 0.455. The molecule has 0 bridgehead atoms. The van der Waals surface area contributed by atoms with Gasteiger partial charge in [0.2, 0.25) is 0 Å². The minimum Gasteiger partial charge on any atom is -0.508 e. The number of ether oxygens (including phenoxy) is 2. The Bertz CT molecular complexity index is 777. The smallest absolute Gasteiger partial charge is 0.161 e. The van der Waals surface area contributed by atoms with Crippen LogP contribution >= 0.6 is 0 Å². The molecular weight excluding hydrogens is 342 g/mol. The largest absolute Gasteiger partial charge is 0.508 e. The molecule has 0 spiro atoms. The van der Waals surface area contributed by atoms with Gasteiger partial charge in [0.1, 0.15) is 5.75 Å². The summed E-state index contributed by atoms with van der Waals surface area (Å²) in [5, 5.41) is 24.0. The minimum absolute atomic E-state index is 0.0367. The molecule has 1 saturated heterocycles. The van der Waals surface area contributed by atoms with Crippen LogP contribution in [0.15, 0.2) is 36.4 Å². The number of hydrogen-bond acceptors (Lipinski definition) is 5. The van der Waals surface area contributed by atoms with Crippen molar-refractivity contribution in [2.45, 2.75) is 50.8 Å². The number of hydrogen-bond donors (Lipinski definition) is 3. The monoisotopic (exact) mass is 371 g/mol. The van der Waals surface area contributed by atoms with Crippen molar-refractivity contribution in [1.29, 1.82) is 0 Å². The first-order valence-corrected chi connectivity index (χ1v) is 9.46. The highest BCUT2D eigenvalue weighted by Gasteiger charge is 2.30. The molecule has 3 N–H and O–H groups in total. The van der Waals surface area contributed by atoms with E-state index in [2.05, 4.69) is 5.32 Å². The molecule has 0 aliphatic carbocycles. The summed E-state index contributed by atoms with van der Waals surface area (Å²) >= 11 is 0. The van der Waals surface area contributed by atoms with Crippen molar-refractivity contribution in [2.75, 3.05) is 14.2 Å². The van der Waals surface area contributed by atoms with E-state index < -0.39 is 6.10 Å². The van der Waals surface area contributed by atoms with Crippen LogP contribution in [-0.4, -0.2) is 36.5 Å². The molecule has 5 heteroatoms. The second kappa shape index (κ2) is 8.63. The minimum atomic E-state index is -0.578. The number of phenolic OH excluding ortho intramolecular Hbond substituents is 1. The third-order valence-electron chi connectivity index (χ3n) is 5.45. The number of methoxy groups -OCH3 is 2. The van der Waals surface area contributed by atoms with Gasteiger partial charge in [0.25, 0.3) is 0 Å². The summed E-state index contributed by atoms with van der Waals surface area (Å²) in [7, 11) is 3.20. The fourth-order valence-electron chi connectivity index (χ4n) is 3.81. The summed E-state index contributed by atoms with van der Waals surface area (Å²) in [5.74, 6) is 1.64. The standard InChI is InChI=1S/C22H29NO4/c1-14-12-15(5-10-19(14)24)4-7-17-8-9-18(23-17)22(25)16-6-11-20(26-2)21(13-16)27-3/h5-6,10-13,17-18,22-25H,4,7-9H2,1-3H3. The van der Waals surface area contributed by atoms with E-state index in [9.17, 15) is 10.2 Å². The fourth-order valence-corrected chi connectivity index (χ4v) is 3.81. The van der Waals surface area contributed by atoms with E-state index in [-0.39, 0.29) is 6.04 Å². The Balaban J connectivity index is 1.57. The zero-order chi connectivity index (χ0) is 19.4. The molecule has 27 heavy (non-hydrogen) atoms. The molecule has 3 unspecified atom stereocenters. The van der Waals surface area contributed by atoms with Crippen LogP contribution in [0, 0.1) is 6.92 Å². The molecule has 2 aromatic rings. The second-order valence-corrected chi connectivity index (χ2v) is 7.27. The summed E-state index contributed by atoms with van der Waals surface area (Å²) in [6, 6.07) is 11.8. The van der Waals surface area contributed by atoms with E-state index in [0.29, 0.717) is 23.3 Å².